The molecule has 1 heterocycles. The van der Waals surface area contributed by atoms with E-state index < -0.39 is 0 Å². The zero-order valence-corrected chi connectivity index (χ0v) is 20.5. The fourth-order valence-corrected chi connectivity index (χ4v) is 3.02. The second-order valence-corrected chi connectivity index (χ2v) is 6.81. The molecule has 2 aromatic rings. The summed E-state index contributed by atoms with van der Waals surface area (Å²) in [6.45, 7) is 8.87. The van der Waals surface area contributed by atoms with Crippen molar-refractivity contribution in [3.63, 3.8) is 0 Å². The third kappa shape index (κ3) is 8.54. The summed E-state index contributed by atoms with van der Waals surface area (Å²) in [5.74, 6) is 2.35. The Kier molecular flexibility index (Phi) is 11.5. The average Bonchev–Trinajstić information content (AvgIpc) is 3.24. The topological polar surface area (TPSA) is 73.3 Å². The van der Waals surface area contributed by atoms with Crippen LogP contribution in [0.1, 0.15) is 30.5 Å². The Morgan fingerprint density at radius 3 is 2.58 bits per heavy atom. The Morgan fingerprint density at radius 2 is 1.74 bits per heavy atom. The number of halogens is 1. The highest BCUT2D eigenvalue weighted by Crippen LogP contribution is 2.32. The van der Waals surface area contributed by atoms with E-state index in [0.717, 1.165) is 40.7 Å². The van der Waals surface area contributed by atoms with Crippen molar-refractivity contribution in [3.05, 3.63) is 59.2 Å². The van der Waals surface area contributed by atoms with Gasteiger partial charge in [0.1, 0.15) is 0 Å². The Bertz CT molecular complexity index is 832. The number of nitrogens with zero attached hydrogens (tertiary/aromatic N) is 1. The summed E-state index contributed by atoms with van der Waals surface area (Å²) >= 11 is 0. The van der Waals surface area contributed by atoms with Gasteiger partial charge in [-0.2, -0.15) is 0 Å². The maximum Gasteiger partial charge on any atom is 0.231 e. The molecule has 8 heteroatoms. The predicted molar refractivity (Wildman–Crippen MR) is 132 cm³/mol. The van der Waals surface area contributed by atoms with Crippen LogP contribution in [0.4, 0.5) is 0 Å². The first kappa shape index (κ1) is 25.2. The summed E-state index contributed by atoms with van der Waals surface area (Å²) in [5.41, 5.74) is 3.38. The van der Waals surface area contributed by atoms with E-state index in [9.17, 15) is 0 Å². The molecule has 0 unspecified atom stereocenters. The predicted octanol–water partition coefficient (Wildman–Crippen LogP) is 3.84. The lowest BCUT2D eigenvalue weighted by Gasteiger charge is -2.12. The highest BCUT2D eigenvalue weighted by molar-refractivity contribution is 14.0. The number of hydrogen-bond acceptors (Lipinski definition) is 5. The normalized spacial score (nSPS) is 12.4. The molecule has 0 atom stereocenters. The molecule has 3 rings (SSSR count). The van der Waals surface area contributed by atoms with Crippen molar-refractivity contribution in [1.82, 2.24) is 10.6 Å². The fraction of sp³-hybridized carbons (Fsp3) is 0.435. The van der Waals surface area contributed by atoms with Gasteiger partial charge in [-0.3, -0.25) is 0 Å². The summed E-state index contributed by atoms with van der Waals surface area (Å²) in [6, 6.07) is 14.3. The van der Waals surface area contributed by atoms with E-state index in [2.05, 4.69) is 35.8 Å². The van der Waals surface area contributed by atoms with Crippen molar-refractivity contribution >= 4 is 29.9 Å². The number of benzene rings is 2. The van der Waals surface area contributed by atoms with E-state index in [1.165, 1.54) is 0 Å². The van der Waals surface area contributed by atoms with Crippen LogP contribution in [0.5, 0.6) is 11.5 Å². The quantitative estimate of drug-likeness (QED) is 0.195. The van der Waals surface area contributed by atoms with Gasteiger partial charge in [-0.25, -0.2) is 4.99 Å². The standard InChI is InChI=1S/C23H31N3O4.HI/c1-3-24-23(26-15-19-8-9-21-22(13-19)30-17-29-21)25-14-18-6-5-7-20(12-18)16-28-11-10-27-4-2;/h5-9,12-13H,3-4,10-11,14-17H2,1-2H3,(H2,24,25,26);1H. The second-order valence-electron chi connectivity index (χ2n) is 6.81. The molecule has 7 nitrogen and oxygen atoms in total. The lowest BCUT2D eigenvalue weighted by molar-refractivity contribution is 0.0453. The van der Waals surface area contributed by atoms with Gasteiger partial charge < -0.3 is 29.6 Å². The minimum Gasteiger partial charge on any atom is -0.454 e. The zero-order chi connectivity index (χ0) is 21.0. The van der Waals surface area contributed by atoms with Crippen LogP contribution in [0.25, 0.3) is 0 Å². The molecule has 0 saturated heterocycles. The first-order valence-corrected chi connectivity index (χ1v) is 10.4. The lowest BCUT2D eigenvalue weighted by Crippen LogP contribution is -2.36. The largest absolute Gasteiger partial charge is 0.454 e. The van der Waals surface area contributed by atoms with Crippen molar-refractivity contribution in [1.29, 1.82) is 0 Å². The van der Waals surface area contributed by atoms with E-state index >= 15 is 0 Å². The molecular weight excluding hydrogens is 509 g/mol. The van der Waals surface area contributed by atoms with Crippen LogP contribution in [0.15, 0.2) is 47.5 Å². The summed E-state index contributed by atoms with van der Waals surface area (Å²) in [5, 5.41) is 6.66. The molecule has 170 valence electrons. The Hall–Kier alpha value is -2.04. The molecule has 0 bridgehead atoms. The molecular formula is C23H32IN3O4. The summed E-state index contributed by atoms with van der Waals surface area (Å²) < 4.78 is 21.8. The molecule has 0 radical (unpaired) electrons. The first-order valence-electron chi connectivity index (χ1n) is 10.4. The summed E-state index contributed by atoms with van der Waals surface area (Å²) in [6.07, 6.45) is 0. The summed E-state index contributed by atoms with van der Waals surface area (Å²) in [7, 11) is 0. The molecule has 0 aromatic heterocycles. The van der Waals surface area contributed by atoms with Gasteiger partial charge in [0.05, 0.1) is 26.4 Å². The highest BCUT2D eigenvalue weighted by atomic mass is 127. The molecule has 2 aromatic carbocycles. The SMILES string of the molecule is CCNC(=NCc1cccc(COCCOCC)c1)NCc1ccc2c(c1)OCO2.I. The molecule has 1 aliphatic rings. The lowest BCUT2D eigenvalue weighted by atomic mass is 10.1. The Morgan fingerprint density at radius 1 is 0.935 bits per heavy atom. The molecule has 0 spiro atoms. The van der Waals surface area contributed by atoms with Gasteiger partial charge in [-0.05, 0) is 42.7 Å². The number of nitrogens with one attached hydrogen (secondary N) is 2. The number of ether oxygens (including phenoxy) is 4. The van der Waals surface area contributed by atoms with Gasteiger partial charge in [0.15, 0.2) is 17.5 Å². The average molecular weight is 541 g/mol. The van der Waals surface area contributed by atoms with Gasteiger partial charge in [0.25, 0.3) is 0 Å². The molecule has 0 fully saturated rings. The molecule has 2 N–H and O–H groups in total. The fourth-order valence-electron chi connectivity index (χ4n) is 3.02. The van der Waals surface area contributed by atoms with Crippen LogP contribution in [-0.2, 0) is 29.2 Å². The molecule has 31 heavy (non-hydrogen) atoms. The summed E-state index contributed by atoms with van der Waals surface area (Å²) in [4.78, 5) is 4.71. The molecule has 1 aliphatic heterocycles. The van der Waals surface area contributed by atoms with Gasteiger partial charge in [-0.1, -0.05) is 30.3 Å². The smallest absolute Gasteiger partial charge is 0.231 e. The Balaban J connectivity index is 0.00000341. The van der Waals surface area contributed by atoms with Crippen molar-refractivity contribution in [2.75, 3.05) is 33.2 Å². The molecule has 0 amide bonds. The van der Waals surface area contributed by atoms with Crippen LogP contribution >= 0.6 is 24.0 Å². The van der Waals surface area contributed by atoms with E-state index in [0.29, 0.717) is 39.5 Å². The number of rotatable bonds is 11. The van der Waals surface area contributed by atoms with Crippen LogP contribution < -0.4 is 20.1 Å². The van der Waals surface area contributed by atoms with Crippen LogP contribution in [0.2, 0.25) is 0 Å². The maximum atomic E-state index is 5.66. The Labute approximate surface area is 201 Å². The number of fused-ring (bicyclic) bond motifs is 1. The van der Waals surface area contributed by atoms with Gasteiger partial charge in [0, 0.05) is 19.7 Å². The van der Waals surface area contributed by atoms with Gasteiger partial charge in [0.2, 0.25) is 6.79 Å². The second kappa shape index (κ2) is 14.1. The minimum absolute atomic E-state index is 0. The third-order valence-corrected chi connectivity index (χ3v) is 4.50. The molecule has 0 saturated carbocycles. The van der Waals surface area contributed by atoms with Crippen LogP contribution in [-0.4, -0.2) is 39.1 Å². The monoisotopic (exact) mass is 541 g/mol. The number of guanidine groups is 1. The van der Waals surface area contributed by atoms with Crippen molar-refractivity contribution in [3.8, 4) is 11.5 Å². The van der Waals surface area contributed by atoms with Gasteiger partial charge >= 0.3 is 0 Å². The van der Waals surface area contributed by atoms with Crippen molar-refractivity contribution in [2.24, 2.45) is 4.99 Å². The maximum absolute atomic E-state index is 5.66. The first-order chi connectivity index (χ1) is 14.8. The van der Waals surface area contributed by atoms with Crippen molar-refractivity contribution < 1.29 is 18.9 Å². The van der Waals surface area contributed by atoms with E-state index in [-0.39, 0.29) is 30.8 Å². The van der Waals surface area contributed by atoms with E-state index in [4.69, 9.17) is 23.9 Å². The molecule has 0 aliphatic carbocycles. The van der Waals surface area contributed by atoms with E-state index in [1.807, 2.05) is 31.2 Å². The van der Waals surface area contributed by atoms with Crippen molar-refractivity contribution in [2.45, 2.75) is 33.5 Å². The highest BCUT2D eigenvalue weighted by Gasteiger charge is 2.13. The number of hydrogen-bond donors (Lipinski definition) is 2. The minimum atomic E-state index is 0. The van der Waals surface area contributed by atoms with Gasteiger partial charge in [-0.15, -0.1) is 24.0 Å². The van der Waals surface area contributed by atoms with E-state index in [1.54, 1.807) is 0 Å². The van der Waals surface area contributed by atoms with Crippen LogP contribution in [0, 0.1) is 0 Å². The zero-order valence-electron chi connectivity index (χ0n) is 18.2. The number of aliphatic imine (C=N–C) groups is 1. The van der Waals surface area contributed by atoms with Crippen LogP contribution in [0.3, 0.4) is 0 Å². The third-order valence-electron chi connectivity index (χ3n) is 4.50.